The van der Waals surface area contributed by atoms with Crippen molar-refractivity contribution >= 4 is 38.8 Å². The molecule has 2 atom stereocenters. The number of ether oxygens (including phenoxy) is 1. The molecule has 6 nitrogen and oxygen atoms in total. The third kappa shape index (κ3) is 4.16. The Bertz CT molecular complexity index is 1160. The summed E-state index contributed by atoms with van der Waals surface area (Å²) in [6.07, 6.45) is 5.08. The largest absolute Gasteiger partial charge is 0.463 e. The summed E-state index contributed by atoms with van der Waals surface area (Å²) in [5.74, 6) is -1.34. The Balaban J connectivity index is 2.06. The van der Waals surface area contributed by atoms with Gasteiger partial charge in [-0.05, 0) is 49.9 Å². The van der Waals surface area contributed by atoms with E-state index in [-0.39, 0.29) is 17.9 Å². The molecule has 3 heterocycles. The van der Waals surface area contributed by atoms with Gasteiger partial charge in [-0.1, -0.05) is 29.8 Å². The molecule has 8 heteroatoms. The fourth-order valence-corrected chi connectivity index (χ4v) is 6.71. The highest BCUT2D eigenvalue weighted by molar-refractivity contribution is 7.92. The molecule has 2 unspecified atom stereocenters. The summed E-state index contributed by atoms with van der Waals surface area (Å²) in [5, 5.41) is -0.546. The molecular weight excluding hydrogens is 436 g/mol. The highest BCUT2D eigenvalue weighted by atomic mass is 35.5. The number of hydrogen-bond donors (Lipinski definition) is 0. The molecule has 1 aromatic heterocycles. The van der Waals surface area contributed by atoms with Crippen LogP contribution in [-0.4, -0.2) is 42.7 Å². The van der Waals surface area contributed by atoms with Crippen molar-refractivity contribution in [3.05, 3.63) is 70.5 Å². The molecule has 2 aliphatic rings. The fraction of sp³-hybridized carbons (Fsp3) is 0.348. The second kappa shape index (κ2) is 8.93. The van der Waals surface area contributed by atoms with Gasteiger partial charge in [-0.3, -0.25) is 9.98 Å². The molecule has 1 aromatic carbocycles. The number of benzene rings is 1. The summed E-state index contributed by atoms with van der Waals surface area (Å²) in [6.45, 7) is 1.87. The van der Waals surface area contributed by atoms with Gasteiger partial charge in [0.25, 0.3) is 0 Å². The number of rotatable bonds is 4. The van der Waals surface area contributed by atoms with Gasteiger partial charge in [0.1, 0.15) is 5.25 Å². The van der Waals surface area contributed by atoms with Crippen LogP contribution in [0, 0.1) is 0 Å². The third-order valence-electron chi connectivity index (χ3n) is 5.62. The van der Waals surface area contributed by atoms with Crippen LogP contribution in [0.4, 0.5) is 0 Å². The molecule has 0 radical (unpaired) electrons. The molecule has 2 aromatic rings. The quantitative estimate of drug-likeness (QED) is 0.640. The number of hydrogen-bond acceptors (Lipinski definition) is 6. The number of sulfone groups is 1. The van der Waals surface area contributed by atoms with Gasteiger partial charge in [0.05, 0.1) is 23.6 Å². The zero-order valence-electron chi connectivity index (χ0n) is 17.1. The van der Waals surface area contributed by atoms with E-state index in [1.807, 2.05) is 0 Å². The maximum absolute atomic E-state index is 13.4. The predicted octanol–water partition coefficient (Wildman–Crippen LogP) is 4.21. The van der Waals surface area contributed by atoms with Crippen LogP contribution >= 0.6 is 11.6 Å². The molecule has 1 saturated heterocycles. The van der Waals surface area contributed by atoms with Gasteiger partial charge < -0.3 is 4.74 Å². The van der Waals surface area contributed by atoms with E-state index in [9.17, 15) is 13.2 Å². The minimum absolute atomic E-state index is 0.0516. The molecule has 162 valence electrons. The average molecular weight is 459 g/mol. The van der Waals surface area contributed by atoms with Crippen LogP contribution in [0.5, 0.6) is 0 Å². The summed E-state index contributed by atoms with van der Waals surface area (Å²) in [6, 6.07) is 10.6. The van der Waals surface area contributed by atoms with E-state index in [1.54, 1.807) is 55.7 Å². The second-order valence-electron chi connectivity index (χ2n) is 7.57. The first kappa shape index (κ1) is 21.7. The van der Waals surface area contributed by atoms with E-state index in [4.69, 9.17) is 21.3 Å². The monoisotopic (exact) mass is 458 g/mol. The van der Waals surface area contributed by atoms with Crippen LogP contribution in [-0.2, 0) is 19.4 Å². The van der Waals surface area contributed by atoms with Crippen LogP contribution in [0.2, 0.25) is 5.02 Å². The van der Waals surface area contributed by atoms with Crippen molar-refractivity contribution in [3.63, 3.8) is 0 Å². The summed E-state index contributed by atoms with van der Waals surface area (Å²) in [4.78, 5) is 22.2. The predicted molar refractivity (Wildman–Crippen MR) is 121 cm³/mol. The smallest absolute Gasteiger partial charge is 0.336 e. The lowest BCUT2D eigenvalue weighted by atomic mass is 9.81. The minimum Gasteiger partial charge on any atom is -0.463 e. The normalized spacial score (nSPS) is 22.8. The molecule has 0 saturated carbocycles. The van der Waals surface area contributed by atoms with Crippen molar-refractivity contribution in [2.75, 3.05) is 12.4 Å². The highest BCUT2D eigenvalue weighted by Gasteiger charge is 2.47. The lowest BCUT2D eigenvalue weighted by Crippen LogP contribution is -2.41. The van der Waals surface area contributed by atoms with E-state index >= 15 is 0 Å². The Morgan fingerprint density at radius 1 is 1.19 bits per heavy atom. The SMILES string of the molecule is CCOC(=O)C1=C(c2cccnc2)N=C2CCCCS(=O)(=O)C2C1c1ccccc1Cl. The summed E-state index contributed by atoms with van der Waals surface area (Å²) < 4.78 is 32.2. The molecule has 0 spiro atoms. The lowest BCUT2D eigenvalue weighted by Gasteiger charge is -2.33. The van der Waals surface area contributed by atoms with E-state index in [0.717, 1.165) is 6.42 Å². The molecule has 2 aliphatic heterocycles. The van der Waals surface area contributed by atoms with Crippen molar-refractivity contribution in [3.8, 4) is 0 Å². The Morgan fingerprint density at radius 3 is 2.71 bits per heavy atom. The second-order valence-corrected chi connectivity index (χ2v) is 10.2. The Labute approximate surface area is 186 Å². The molecule has 0 amide bonds. The molecule has 31 heavy (non-hydrogen) atoms. The number of esters is 1. The maximum atomic E-state index is 13.4. The van der Waals surface area contributed by atoms with E-state index < -0.39 is 27.0 Å². The Morgan fingerprint density at radius 2 is 2.00 bits per heavy atom. The molecule has 0 bridgehead atoms. The van der Waals surface area contributed by atoms with Gasteiger partial charge in [-0.2, -0.15) is 0 Å². The van der Waals surface area contributed by atoms with Gasteiger partial charge in [0.15, 0.2) is 9.84 Å². The van der Waals surface area contributed by atoms with Crippen LogP contribution < -0.4 is 0 Å². The zero-order valence-corrected chi connectivity index (χ0v) is 18.7. The average Bonchev–Trinajstić information content (AvgIpc) is 2.91. The van der Waals surface area contributed by atoms with Crippen molar-refractivity contribution in [2.45, 2.75) is 37.4 Å². The third-order valence-corrected chi connectivity index (χ3v) is 8.14. The van der Waals surface area contributed by atoms with Crippen molar-refractivity contribution in [1.29, 1.82) is 0 Å². The summed E-state index contributed by atoms with van der Waals surface area (Å²) in [7, 11) is -3.57. The molecule has 1 fully saturated rings. The van der Waals surface area contributed by atoms with Gasteiger partial charge in [0.2, 0.25) is 0 Å². The van der Waals surface area contributed by atoms with E-state index in [0.29, 0.717) is 40.4 Å². The zero-order chi connectivity index (χ0) is 22.0. The number of pyridine rings is 1. The number of fused-ring (bicyclic) bond motifs is 1. The van der Waals surface area contributed by atoms with Gasteiger partial charge in [-0.15, -0.1) is 0 Å². The van der Waals surface area contributed by atoms with Crippen LogP contribution in [0.3, 0.4) is 0 Å². The molecule has 4 rings (SSSR count). The van der Waals surface area contributed by atoms with Gasteiger partial charge in [-0.25, -0.2) is 13.2 Å². The highest BCUT2D eigenvalue weighted by Crippen LogP contribution is 2.45. The minimum atomic E-state index is -3.57. The molecule has 0 aliphatic carbocycles. The summed E-state index contributed by atoms with van der Waals surface area (Å²) in [5.41, 5.74) is 2.39. The first-order valence-electron chi connectivity index (χ1n) is 10.3. The van der Waals surface area contributed by atoms with Crippen LogP contribution in [0.15, 0.2) is 59.4 Å². The first-order valence-corrected chi connectivity index (χ1v) is 12.4. The van der Waals surface area contributed by atoms with Crippen molar-refractivity contribution in [2.24, 2.45) is 4.99 Å². The van der Waals surface area contributed by atoms with E-state index in [2.05, 4.69) is 4.98 Å². The van der Waals surface area contributed by atoms with E-state index in [1.165, 1.54) is 0 Å². The topological polar surface area (TPSA) is 85.7 Å². The number of aromatic nitrogens is 1. The number of halogens is 1. The van der Waals surface area contributed by atoms with Crippen LogP contribution in [0.25, 0.3) is 5.70 Å². The number of aliphatic imine (C=N–C) groups is 1. The number of nitrogens with zero attached hydrogens (tertiary/aromatic N) is 2. The van der Waals surface area contributed by atoms with Crippen LogP contribution in [0.1, 0.15) is 43.2 Å². The first-order chi connectivity index (χ1) is 14.9. The number of carbonyl (C=O) groups excluding carboxylic acids is 1. The Hall–Kier alpha value is -2.51. The molecule has 0 N–H and O–H groups in total. The van der Waals surface area contributed by atoms with Gasteiger partial charge >= 0.3 is 5.97 Å². The maximum Gasteiger partial charge on any atom is 0.336 e. The standard InChI is InChI=1S/C23H23ClN2O4S/c1-2-30-23(27)20-19(16-9-3-4-10-17(16)24)22-18(11-5-6-13-31(22,28)29)26-21(20)15-8-7-12-25-14-15/h3-4,7-10,12,14,19,22H,2,5-6,11,13H2,1H3. The fourth-order valence-electron chi connectivity index (χ4n) is 4.31. The van der Waals surface area contributed by atoms with Crippen molar-refractivity contribution in [1.82, 2.24) is 4.98 Å². The van der Waals surface area contributed by atoms with Gasteiger partial charge in [0, 0.05) is 34.6 Å². The summed E-state index contributed by atoms with van der Waals surface area (Å²) >= 11 is 6.54. The lowest BCUT2D eigenvalue weighted by molar-refractivity contribution is -0.138. The molecular formula is C23H23ClN2O4S. The number of carbonyl (C=O) groups is 1. The van der Waals surface area contributed by atoms with Crippen molar-refractivity contribution < 1.29 is 17.9 Å². The Kier molecular flexibility index (Phi) is 6.25.